The number of rotatable bonds is 9. The Morgan fingerprint density at radius 3 is 2.07 bits per heavy atom. The number of hydrogen-bond acceptors (Lipinski definition) is 19. The van der Waals surface area contributed by atoms with E-state index in [0.717, 1.165) is 51.4 Å². The Balaban J connectivity index is 0.967. The molecule has 0 amide bonds. The van der Waals surface area contributed by atoms with E-state index in [1.807, 2.05) is 0 Å². The van der Waals surface area contributed by atoms with E-state index in [9.17, 15) is 50.4 Å². The molecule has 0 aromatic rings. The Hall–Kier alpha value is -1.92. The normalized spacial score (nSPS) is 56.8. The minimum atomic E-state index is -1.90. The lowest BCUT2D eigenvalue weighted by Crippen LogP contribution is -2.74. The first-order valence-electron chi connectivity index (χ1n) is 24.9. The lowest BCUT2D eigenvalue weighted by Gasteiger charge is -2.72. The molecule has 0 aromatic heterocycles. The zero-order valence-electron chi connectivity index (χ0n) is 40.2. The molecule has 5 aliphatic heterocycles. The maximum absolute atomic E-state index is 14.1. The predicted octanol–water partition coefficient (Wildman–Crippen LogP) is 0.497. The molecule has 5 aliphatic carbocycles. The summed E-state index contributed by atoms with van der Waals surface area (Å²) in [6, 6.07) is 0. The first-order chi connectivity index (χ1) is 31.9. The molecule has 10 aliphatic rings. The third kappa shape index (κ3) is 6.84. The van der Waals surface area contributed by atoms with Crippen LogP contribution >= 0.6 is 0 Å². The number of esters is 2. The zero-order chi connectivity index (χ0) is 49.0. The summed E-state index contributed by atoms with van der Waals surface area (Å²) in [5.41, 5.74) is -1.47. The van der Waals surface area contributed by atoms with Crippen LogP contribution in [0.4, 0.5) is 0 Å². The highest BCUT2D eigenvalue weighted by molar-refractivity contribution is 5.82. The van der Waals surface area contributed by atoms with Gasteiger partial charge in [0.2, 0.25) is 0 Å². The lowest BCUT2D eigenvalue weighted by molar-refractivity contribution is -0.398. The summed E-state index contributed by atoms with van der Waals surface area (Å²) in [5, 5.41) is 86.9. The zero-order valence-corrected chi connectivity index (χ0v) is 40.2. The minimum absolute atomic E-state index is 0.0282. The Kier molecular flexibility index (Phi) is 12.3. The van der Waals surface area contributed by atoms with Crippen LogP contribution in [0.5, 0.6) is 0 Å². The molecule has 8 N–H and O–H groups in total. The van der Waals surface area contributed by atoms with E-state index in [1.165, 1.54) is 19.4 Å². The monoisotopic (exact) mass is 966 g/mol. The molecule has 0 radical (unpaired) electrons. The first-order valence-corrected chi connectivity index (χ1v) is 24.9. The maximum atomic E-state index is 14.1. The van der Waals surface area contributed by atoms with Crippen molar-refractivity contribution in [2.45, 2.75) is 222 Å². The standard InChI is InChI=1S/C49H74O19/c1-20-9-14-48-16-15-47(8)46(7)13-10-25-44(4,5)27(11-12-45(25,6)38(46)37-39(65-37)49(47,26(48)17-20)68-43(48)59)64-42-36(67-40-33(57)31(55)28(52)21(2)61-40)35(30(54)24(63-42)19-60-22(3)51)66-41-34(58)32(56)29(53)23(18-50)62-41/h21,23-42,50,52-58H,1,9-19H2,2-8H3. The van der Waals surface area contributed by atoms with Gasteiger partial charge < -0.3 is 83.5 Å². The van der Waals surface area contributed by atoms with Crippen LogP contribution in [0.1, 0.15) is 106 Å². The molecule has 2 bridgehead atoms. The van der Waals surface area contributed by atoms with Crippen molar-refractivity contribution in [2.75, 3.05) is 13.2 Å². The topological polar surface area (TPSA) is 282 Å². The van der Waals surface area contributed by atoms with Crippen LogP contribution in [-0.4, -0.2) is 182 Å². The van der Waals surface area contributed by atoms with Crippen molar-refractivity contribution in [1.29, 1.82) is 0 Å². The number of allylic oxidation sites excluding steroid dienone is 1. The van der Waals surface area contributed by atoms with Gasteiger partial charge >= 0.3 is 11.9 Å². The molecule has 19 nitrogen and oxygen atoms in total. The van der Waals surface area contributed by atoms with Crippen molar-refractivity contribution in [3.63, 3.8) is 0 Å². The Morgan fingerprint density at radius 1 is 0.721 bits per heavy atom. The smallest absolute Gasteiger partial charge is 0.313 e. The molecular formula is C49H74O19. The number of hydrogen-bond donors (Lipinski definition) is 8. The number of aliphatic hydroxyl groups excluding tert-OH is 8. The molecule has 10 rings (SSSR count). The molecule has 10 fully saturated rings. The van der Waals surface area contributed by atoms with Crippen molar-refractivity contribution < 1.29 is 93.1 Å². The van der Waals surface area contributed by atoms with Crippen LogP contribution in [0.15, 0.2) is 12.2 Å². The average molecular weight is 967 g/mol. The molecule has 26 unspecified atom stereocenters. The van der Waals surface area contributed by atoms with Crippen LogP contribution in [0, 0.1) is 44.8 Å². The Labute approximate surface area is 396 Å². The number of carbonyl (C=O) groups excluding carboxylic acids is 2. The van der Waals surface area contributed by atoms with Crippen molar-refractivity contribution in [1.82, 2.24) is 0 Å². The molecule has 26 atom stereocenters. The molecule has 19 heteroatoms. The summed E-state index contributed by atoms with van der Waals surface area (Å²) in [5.74, 6) is -0.501. The third-order valence-electron chi connectivity index (χ3n) is 20.2. The highest BCUT2D eigenvalue weighted by Crippen LogP contribution is 2.83. The van der Waals surface area contributed by atoms with Gasteiger partial charge in [0.25, 0.3) is 0 Å². The SMILES string of the molecule is C=C1CCC23CCC4(C)C5(C)CCC6C(C)(C)C(OC7OC(COC(C)=O)C(O)C(OC8OC(CO)C(O)C(O)C8O)C7OC7OC(C)C(O)C(O)C7O)CCC6(C)C5C5OC5C4(OC2=O)C3C1. The second-order valence-electron chi connectivity index (χ2n) is 23.6. The number of fused-ring (bicyclic) bond motifs is 6. The van der Waals surface area contributed by atoms with Gasteiger partial charge in [0.05, 0.1) is 30.3 Å². The summed E-state index contributed by atoms with van der Waals surface area (Å²) in [4.78, 5) is 26.3. The van der Waals surface area contributed by atoms with Crippen molar-refractivity contribution in [2.24, 2.45) is 44.8 Å². The van der Waals surface area contributed by atoms with Gasteiger partial charge in [0.15, 0.2) is 24.5 Å². The molecule has 5 saturated carbocycles. The van der Waals surface area contributed by atoms with Crippen LogP contribution in [-0.2, 0) is 52.2 Å². The number of aliphatic hydroxyl groups is 8. The van der Waals surface area contributed by atoms with Crippen LogP contribution in [0.2, 0.25) is 0 Å². The fraction of sp³-hybridized carbons (Fsp3) is 0.918. The largest absolute Gasteiger partial charge is 0.463 e. The molecule has 5 heterocycles. The van der Waals surface area contributed by atoms with Gasteiger partial charge in [-0.2, -0.15) is 0 Å². The second kappa shape index (κ2) is 16.8. The van der Waals surface area contributed by atoms with E-state index < -0.39 is 134 Å². The molecular weight excluding hydrogens is 893 g/mol. The lowest BCUT2D eigenvalue weighted by atomic mass is 9.31. The molecule has 1 spiro atoms. The summed E-state index contributed by atoms with van der Waals surface area (Å²) in [6.45, 7) is 17.3. The molecule has 0 aromatic carbocycles. The van der Waals surface area contributed by atoms with Crippen LogP contribution in [0.3, 0.4) is 0 Å². The summed E-state index contributed by atoms with van der Waals surface area (Å²) < 4.78 is 56.9. The van der Waals surface area contributed by atoms with Crippen molar-refractivity contribution in [3.05, 3.63) is 12.2 Å². The number of epoxide rings is 1. The Morgan fingerprint density at radius 2 is 1.38 bits per heavy atom. The van der Waals surface area contributed by atoms with Gasteiger partial charge in [-0.25, -0.2) is 0 Å². The van der Waals surface area contributed by atoms with Crippen molar-refractivity contribution in [3.8, 4) is 0 Å². The minimum Gasteiger partial charge on any atom is -0.463 e. The van der Waals surface area contributed by atoms with Crippen molar-refractivity contribution >= 4 is 11.9 Å². The van der Waals surface area contributed by atoms with E-state index in [2.05, 4.69) is 41.2 Å². The quantitative estimate of drug-likeness (QED) is 0.0676. The third-order valence-corrected chi connectivity index (χ3v) is 20.2. The fourth-order valence-electron chi connectivity index (χ4n) is 16.4. The van der Waals surface area contributed by atoms with E-state index in [1.54, 1.807) is 0 Å². The van der Waals surface area contributed by atoms with Gasteiger partial charge in [-0.15, -0.1) is 0 Å². The number of carbonyl (C=O) groups is 2. The van der Waals surface area contributed by atoms with Crippen LogP contribution < -0.4 is 0 Å². The van der Waals surface area contributed by atoms with E-state index in [0.29, 0.717) is 6.42 Å². The van der Waals surface area contributed by atoms with E-state index in [4.69, 9.17) is 42.6 Å². The first kappa shape index (κ1) is 49.6. The van der Waals surface area contributed by atoms with Gasteiger partial charge in [-0.3, -0.25) is 9.59 Å². The maximum Gasteiger partial charge on any atom is 0.313 e. The van der Waals surface area contributed by atoms with Gasteiger partial charge in [0, 0.05) is 18.3 Å². The predicted molar refractivity (Wildman–Crippen MR) is 231 cm³/mol. The molecule has 5 saturated heterocycles. The molecule has 68 heavy (non-hydrogen) atoms. The Bertz CT molecular complexity index is 1980. The highest BCUT2D eigenvalue weighted by Gasteiger charge is 2.89. The summed E-state index contributed by atoms with van der Waals surface area (Å²) in [7, 11) is 0. The summed E-state index contributed by atoms with van der Waals surface area (Å²) >= 11 is 0. The van der Waals surface area contributed by atoms with Gasteiger partial charge in [-0.1, -0.05) is 46.8 Å². The second-order valence-corrected chi connectivity index (χ2v) is 23.6. The summed E-state index contributed by atoms with van der Waals surface area (Å²) in [6.07, 6.45) is -18.0. The fourth-order valence-corrected chi connectivity index (χ4v) is 16.4. The van der Waals surface area contributed by atoms with Gasteiger partial charge in [-0.05, 0) is 92.8 Å². The highest BCUT2D eigenvalue weighted by atomic mass is 16.8. The van der Waals surface area contributed by atoms with Crippen LogP contribution in [0.25, 0.3) is 0 Å². The van der Waals surface area contributed by atoms with E-state index >= 15 is 0 Å². The van der Waals surface area contributed by atoms with Gasteiger partial charge in [0.1, 0.15) is 79.9 Å². The number of ether oxygens (including phenoxy) is 9. The van der Waals surface area contributed by atoms with E-state index in [-0.39, 0.29) is 52.2 Å². The average Bonchev–Trinajstić information content (AvgIpc) is 4.05. The molecule has 384 valence electrons.